The van der Waals surface area contributed by atoms with Gasteiger partial charge in [-0.2, -0.15) is 0 Å². The van der Waals surface area contributed by atoms with Gasteiger partial charge in [-0.15, -0.1) is 0 Å². The number of hydrogen-bond donors (Lipinski definition) is 2. The molecular formula is C65H104O7. The number of carbonyl (C=O) groups is 4. The predicted octanol–water partition coefficient (Wildman–Crippen LogP) is 14.4. The third-order valence-electron chi connectivity index (χ3n) is 27.7. The molecule has 72 heavy (non-hydrogen) atoms. The minimum atomic E-state index is -0.123. The zero-order chi connectivity index (χ0) is 51.5. The van der Waals surface area contributed by atoms with Crippen LogP contribution >= 0.6 is 0 Å². The van der Waals surface area contributed by atoms with Crippen molar-refractivity contribution >= 4 is 23.3 Å². The highest BCUT2D eigenvalue weighted by molar-refractivity contribution is 5.80. The topological polar surface area (TPSA) is 118 Å². The summed E-state index contributed by atoms with van der Waals surface area (Å²) in [6, 6.07) is 0. The molecule has 0 aliphatic heterocycles. The van der Waals surface area contributed by atoms with Crippen molar-refractivity contribution in [1.82, 2.24) is 0 Å². The van der Waals surface area contributed by atoms with Gasteiger partial charge in [-0.1, -0.05) is 41.5 Å². The van der Waals surface area contributed by atoms with Gasteiger partial charge >= 0.3 is 5.97 Å². The Balaban J connectivity index is 0.000000125. The van der Waals surface area contributed by atoms with E-state index >= 15 is 0 Å². The number of aliphatic hydroxyl groups is 2. The first-order valence-corrected chi connectivity index (χ1v) is 31.0. The summed E-state index contributed by atoms with van der Waals surface area (Å²) in [5.41, 5.74) is 2.14. The molecule has 12 saturated carbocycles. The molecule has 0 aromatic rings. The highest BCUT2D eigenvalue weighted by atomic mass is 16.5. The second-order valence-electron chi connectivity index (χ2n) is 30.2. The molecule has 7 nitrogen and oxygen atoms in total. The summed E-state index contributed by atoms with van der Waals surface area (Å²) in [7, 11) is 0. The first-order valence-electron chi connectivity index (χ1n) is 31.0. The third kappa shape index (κ3) is 8.75. The van der Waals surface area contributed by atoms with E-state index in [4.69, 9.17) is 4.74 Å². The van der Waals surface area contributed by atoms with Gasteiger partial charge in [0.2, 0.25) is 0 Å². The molecule has 0 saturated heterocycles. The normalized spacial score (nSPS) is 53.7. The predicted molar refractivity (Wildman–Crippen MR) is 285 cm³/mol. The Morgan fingerprint density at radius 3 is 0.958 bits per heavy atom. The minimum Gasteiger partial charge on any atom is -0.463 e. The average Bonchev–Trinajstić information content (AvgIpc) is 4.00. The van der Waals surface area contributed by atoms with Crippen LogP contribution in [0.15, 0.2) is 0 Å². The van der Waals surface area contributed by atoms with Crippen LogP contribution in [-0.4, -0.2) is 51.8 Å². The molecule has 0 heterocycles. The molecule has 0 spiro atoms. The lowest BCUT2D eigenvalue weighted by Gasteiger charge is -2.61. The van der Waals surface area contributed by atoms with E-state index in [0.717, 1.165) is 123 Å². The molecule has 0 radical (unpaired) electrons. The van der Waals surface area contributed by atoms with E-state index in [0.29, 0.717) is 57.3 Å². The Bertz CT molecular complexity index is 1960. The molecule has 9 unspecified atom stereocenters. The van der Waals surface area contributed by atoms with Gasteiger partial charge in [0.05, 0.1) is 12.2 Å². The standard InChI is InChI=1S/C23H36O3.2C21H34O2/c1-14(24)19-7-8-20-18-6-5-16-13-17(26-15(2)25)9-11-22(16,3)21(18)10-12-23(19,20)4;2*1-13(22)17-6-7-18-16-5-4-14-12-15(23)8-10-20(14,2)19(16)9-11-21(17,18)3/h16-21H,5-13H2,1-4H3;2*14-19,23H,4-12H2,1-3H3/t16-,17+,18?,19+,20?,21?,22-,23+;14-,15+,16?,17+,18?,19?,20-,21+;14-,15+,16?,17-,18?,19?,20-,21+/m000/s1. The molecule has 12 rings (SSSR count). The van der Waals surface area contributed by atoms with Crippen LogP contribution in [0.25, 0.3) is 0 Å². The van der Waals surface area contributed by atoms with Gasteiger partial charge in [0.25, 0.3) is 0 Å². The summed E-state index contributed by atoms with van der Waals surface area (Å²) < 4.78 is 5.57. The van der Waals surface area contributed by atoms with Crippen molar-refractivity contribution in [3.05, 3.63) is 0 Å². The Morgan fingerprint density at radius 2 is 0.639 bits per heavy atom. The maximum absolute atomic E-state index is 12.2. The molecule has 12 aliphatic carbocycles. The minimum absolute atomic E-state index is 0.0490. The van der Waals surface area contributed by atoms with Crippen LogP contribution in [-0.2, 0) is 23.9 Å². The Morgan fingerprint density at radius 1 is 0.347 bits per heavy atom. The summed E-state index contributed by atoms with van der Waals surface area (Å²) >= 11 is 0. The van der Waals surface area contributed by atoms with Gasteiger partial charge < -0.3 is 14.9 Å². The quantitative estimate of drug-likeness (QED) is 0.269. The van der Waals surface area contributed by atoms with E-state index in [2.05, 4.69) is 41.5 Å². The largest absolute Gasteiger partial charge is 0.463 e. The lowest BCUT2D eigenvalue weighted by atomic mass is 9.44. The highest BCUT2D eigenvalue weighted by Gasteiger charge is 2.64. The van der Waals surface area contributed by atoms with Crippen molar-refractivity contribution in [2.24, 2.45) is 121 Å². The molecule has 0 aromatic heterocycles. The molecule has 0 amide bonds. The van der Waals surface area contributed by atoms with Crippen LogP contribution in [0.3, 0.4) is 0 Å². The smallest absolute Gasteiger partial charge is 0.302 e. The monoisotopic (exact) mass is 997 g/mol. The number of Topliss-reactive ketones (excluding diaryl/α,β-unsaturated/α-hetero) is 3. The molecule has 0 aromatic carbocycles. The molecule has 24 atom stereocenters. The van der Waals surface area contributed by atoms with Crippen LogP contribution in [0, 0.1) is 121 Å². The lowest BCUT2D eigenvalue weighted by molar-refractivity contribution is -0.161. The van der Waals surface area contributed by atoms with Crippen LogP contribution in [0.1, 0.15) is 243 Å². The number of ether oxygens (including phenoxy) is 1. The molecule has 2 N–H and O–H groups in total. The molecule has 406 valence electrons. The maximum atomic E-state index is 12.2. The van der Waals surface area contributed by atoms with E-state index < -0.39 is 0 Å². The SMILES string of the molecule is CC(=O)O[C@@H]1CC[C@]2(C)C3CC[C@@]4(C)C(CC[C@@H]4C(C)=O)C3CC[C@H]2C1.CC(=O)[C@@H]1CCC2C3CC[C@H]4C[C@H](O)CC[C@]4(C)C3CC[C@@]21C.CC(=O)[C@H]1CCC2C3CC[C@H]4C[C@H](O)CC[C@]4(C)C3CC[C@@]21C. The van der Waals surface area contributed by atoms with Crippen LogP contribution in [0.5, 0.6) is 0 Å². The summed E-state index contributed by atoms with van der Waals surface area (Å²) in [4.78, 5) is 47.9. The van der Waals surface area contributed by atoms with Crippen molar-refractivity contribution in [2.45, 2.75) is 261 Å². The maximum Gasteiger partial charge on any atom is 0.302 e. The molecule has 0 bridgehead atoms. The number of aliphatic hydroxyl groups excluding tert-OH is 2. The summed E-state index contributed by atoms with van der Waals surface area (Å²) in [5, 5.41) is 20.2. The Hall–Kier alpha value is -1.60. The number of hydrogen-bond acceptors (Lipinski definition) is 7. The summed E-state index contributed by atoms with van der Waals surface area (Å²) in [5.74, 6) is 11.6. The van der Waals surface area contributed by atoms with E-state index in [1.165, 1.54) is 122 Å². The van der Waals surface area contributed by atoms with E-state index in [9.17, 15) is 29.4 Å². The first-order chi connectivity index (χ1) is 34.0. The number of rotatable bonds is 4. The van der Waals surface area contributed by atoms with Gasteiger partial charge in [-0.05, 0) is 298 Å². The van der Waals surface area contributed by atoms with Crippen molar-refractivity contribution in [2.75, 3.05) is 0 Å². The second-order valence-corrected chi connectivity index (χ2v) is 30.2. The van der Waals surface area contributed by atoms with Crippen LogP contribution in [0.2, 0.25) is 0 Å². The average molecular weight is 998 g/mol. The van der Waals surface area contributed by atoms with Crippen molar-refractivity contribution in [3.8, 4) is 0 Å². The Kier molecular flexibility index (Phi) is 14.7. The second kappa shape index (κ2) is 19.7. The number of carbonyl (C=O) groups excluding carboxylic acids is 4. The van der Waals surface area contributed by atoms with Gasteiger partial charge in [-0.25, -0.2) is 0 Å². The number of fused-ring (bicyclic) bond motifs is 15. The molecule has 12 fully saturated rings. The van der Waals surface area contributed by atoms with E-state index in [-0.39, 0.29) is 40.5 Å². The van der Waals surface area contributed by atoms with Crippen LogP contribution < -0.4 is 0 Å². The first kappa shape index (κ1) is 53.8. The Labute approximate surface area is 437 Å². The van der Waals surface area contributed by atoms with Crippen molar-refractivity contribution < 1.29 is 34.1 Å². The molecule has 7 heteroatoms. The van der Waals surface area contributed by atoms with Crippen molar-refractivity contribution in [1.29, 1.82) is 0 Å². The van der Waals surface area contributed by atoms with E-state index in [1.54, 1.807) is 0 Å². The molecular weight excluding hydrogens is 893 g/mol. The van der Waals surface area contributed by atoms with Gasteiger partial charge in [-0.3, -0.25) is 19.2 Å². The van der Waals surface area contributed by atoms with Gasteiger partial charge in [0, 0.05) is 24.7 Å². The summed E-state index contributed by atoms with van der Waals surface area (Å²) in [6.45, 7) is 21.9. The number of ketones is 3. The van der Waals surface area contributed by atoms with Gasteiger partial charge in [0.1, 0.15) is 23.5 Å². The van der Waals surface area contributed by atoms with Gasteiger partial charge in [0.15, 0.2) is 0 Å². The fourth-order valence-corrected chi connectivity index (χ4v) is 24.0. The zero-order valence-corrected chi connectivity index (χ0v) is 47.4. The summed E-state index contributed by atoms with van der Waals surface area (Å²) in [6.07, 6.45) is 32.7. The molecule has 12 aliphatic rings. The zero-order valence-electron chi connectivity index (χ0n) is 47.4. The highest BCUT2D eigenvalue weighted by Crippen LogP contribution is 2.71. The van der Waals surface area contributed by atoms with Crippen LogP contribution in [0.4, 0.5) is 0 Å². The van der Waals surface area contributed by atoms with E-state index in [1.807, 2.05) is 20.8 Å². The fourth-order valence-electron chi connectivity index (χ4n) is 24.0. The van der Waals surface area contributed by atoms with Crippen molar-refractivity contribution in [3.63, 3.8) is 0 Å². The fraction of sp³-hybridized carbons (Fsp3) is 0.938. The number of esters is 1. The lowest BCUT2D eigenvalue weighted by Crippen LogP contribution is -2.54. The third-order valence-corrected chi connectivity index (χ3v) is 27.7.